The minimum Gasteiger partial charge on any atom is -0.397 e. The number of hydrogen-bond donors (Lipinski definition) is 4. The summed E-state index contributed by atoms with van der Waals surface area (Å²) in [7, 11) is 0. The number of nitro groups is 2. The van der Waals surface area contributed by atoms with Gasteiger partial charge in [-0.2, -0.15) is 4.39 Å². The lowest BCUT2D eigenvalue weighted by Crippen LogP contribution is -2.10. The van der Waals surface area contributed by atoms with E-state index in [0.717, 1.165) is 34.5 Å². The van der Waals surface area contributed by atoms with Crippen LogP contribution < -0.4 is 22.1 Å². The Morgan fingerprint density at radius 3 is 1.65 bits per heavy atom. The number of nitrogens with two attached hydrogens (primary N) is 2. The highest BCUT2D eigenvalue weighted by Gasteiger charge is 2.12. The summed E-state index contributed by atoms with van der Waals surface area (Å²) in [6, 6.07) is 28.4. The van der Waals surface area contributed by atoms with Crippen molar-refractivity contribution in [1.82, 2.24) is 9.55 Å². The third-order valence-electron chi connectivity index (χ3n) is 6.14. The third-order valence-corrected chi connectivity index (χ3v) is 6.14. The highest BCUT2D eigenvalue weighted by molar-refractivity contribution is 8.93. The second-order valence-corrected chi connectivity index (χ2v) is 11.1. The molecule has 1 aromatic heterocycles. The molecule has 6 N–H and O–H groups in total. The van der Waals surface area contributed by atoms with E-state index in [1.54, 1.807) is 18.2 Å². The van der Waals surface area contributed by atoms with Gasteiger partial charge in [-0.3, -0.25) is 20.2 Å². The van der Waals surface area contributed by atoms with E-state index >= 15 is 0 Å². The molecule has 258 valence electrons. The molecule has 0 radical (unpaired) electrons. The smallest absolute Gasteiger partial charge is 0.304 e. The number of imidazole rings is 1. The van der Waals surface area contributed by atoms with Gasteiger partial charge in [0.1, 0.15) is 5.69 Å². The summed E-state index contributed by atoms with van der Waals surface area (Å²) in [6.07, 6.45) is 0. The minimum absolute atomic E-state index is 0. The van der Waals surface area contributed by atoms with Gasteiger partial charge in [-0.05, 0) is 77.9 Å². The molecule has 1 heterocycles. The fourth-order valence-corrected chi connectivity index (χ4v) is 4.21. The van der Waals surface area contributed by atoms with Gasteiger partial charge in [0.25, 0.3) is 5.69 Å². The average molecular weight is 728 g/mol. The zero-order chi connectivity index (χ0) is 35.1. The van der Waals surface area contributed by atoms with Crippen LogP contribution in [-0.2, 0) is 0 Å². The Hall–Kier alpha value is -5.24. The number of nitro benzene ring substituents is 2. The van der Waals surface area contributed by atoms with Crippen LogP contribution in [0.4, 0.5) is 38.8 Å². The van der Waals surface area contributed by atoms with Gasteiger partial charge in [0.2, 0.25) is 11.8 Å². The third kappa shape index (κ3) is 12.9. The maximum absolute atomic E-state index is 12.4. The summed E-state index contributed by atoms with van der Waals surface area (Å²) in [4.78, 5) is 23.7. The number of para-hydroxylation sites is 7. The van der Waals surface area contributed by atoms with E-state index in [1.807, 2.05) is 66.9 Å². The molecular weight excluding hydrogens is 683 g/mol. The van der Waals surface area contributed by atoms with Crippen molar-refractivity contribution in [1.29, 1.82) is 0 Å². The number of nitrogens with one attached hydrogen (secondary N) is 2. The van der Waals surface area contributed by atoms with Crippen LogP contribution >= 0.6 is 17.0 Å². The van der Waals surface area contributed by atoms with Crippen molar-refractivity contribution in [3.63, 3.8) is 0 Å². The molecule has 0 saturated carbocycles. The quantitative estimate of drug-likeness (QED) is 0.0723. The van der Waals surface area contributed by atoms with Crippen molar-refractivity contribution in [3.8, 4) is 0 Å². The van der Waals surface area contributed by atoms with Crippen LogP contribution in [0, 0.1) is 26.0 Å². The number of nitrogens with zero attached hydrogens (tertiary/aromatic N) is 4. The summed E-state index contributed by atoms with van der Waals surface area (Å²) in [5.41, 5.74) is 15.6. The zero-order valence-electron chi connectivity index (χ0n) is 27.8. The van der Waals surface area contributed by atoms with Gasteiger partial charge < -0.3 is 26.7 Å². The molecule has 0 spiro atoms. The maximum Gasteiger partial charge on any atom is 0.304 e. The van der Waals surface area contributed by atoms with Gasteiger partial charge in [-0.15, -0.1) is 17.0 Å². The highest BCUT2D eigenvalue weighted by atomic mass is 79.9. The van der Waals surface area contributed by atoms with Crippen LogP contribution in [0.25, 0.3) is 11.0 Å². The van der Waals surface area contributed by atoms with Crippen molar-refractivity contribution in [2.24, 2.45) is 0 Å². The van der Waals surface area contributed by atoms with E-state index < -0.39 is 16.4 Å². The summed E-state index contributed by atoms with van der Waals surface area (Å²) < 4.78 is 14.4. The van der Waals surface area contributed by atoms with Crippen LogP contribution in [0.2, 0.25) is 0 Å². The number of benzene rings is 4. The van der Waals surface area contributed by atoms with Crippen LogP contribution in [-0.4, -0.2) is 31.5 Å². The van der Waals surface area contributed by atoms with Gasteiger partial charge in [0.15, 0.2) is 0 Å². The highest BCUT2D eigenvalue weighted by Crippen LogP contribution is 2.24. The molecule has 0 unspecified atom stereocenters. The van der Waals surface area contributed by atoms with Crippen LogP contribution in [0.15, 0.2) is 97.1 Å². The molecule has 12 nitrogen and oxygen atoms in total. The van der Waals surface area contributed by atoms with Crippen molar-refractivity contribution in [2.45, 2.75) is 59.7 Å². The molecule has 0 aliphatic carbocycles. The molecule has 0 atom stereocenters. The molecule has 5 aromatic rings. The molecule has 0 fully saturated rings. The molecule has 5 rings (SSSR count). The van der Waals surface area contributed by atoms with E-state index in [2.05, 4.69) is 43.3 Å². The summed E-state index contributed by atoms with van der Waals surface area (Å²) in [5, 5.41) is 26.8. The molecule has 0 aliphatic heterocycles. The number of anilines is 4. The lowest BCUT2D eigenvalue weighted by Gasteiger charge is -2.11. The van der Waals surface area contributed by atoms with Gasteiger partial charge in [-0.25, -0.2) is 4.98 Å². The Morgan fingerprint density at radius 2 is 1.15 bits per heavy atom. The van der Waals surface area contributed by atoms with Crippen molar-refractivity contribution in [3.05, 3.63) is 123 Å². The molecule has 0 amide bonds. The summed E-state index contributed by atoms with van der Waals surface area (Å²) in [5.74, 6) is -0.205. The topological polar surface area (TPSA) is 180 Å². The van der Waals surface area contributed by atoms with E-state index in [0.29, 0.717) is 23.7 Å². The van der Waals surface area contributed by atoms with E-state index in [4.69, 9.17) is 11.5 Å². The molecule has 0 saturated heterocycles. The SMILES string of the molecule is Br.CC(C)Nc1ccccc1N.CC(C)Nc1ccccc1[N+](=O)[O-].CC(C)n1c(N)nc2ccccc21.O=[N+]([O-])c1ccccc1F. The molecule has 0 bridgehead atoms. The van der Waals surface area contributed by atoms with Gasteiger partial charge in [0.05, 0.1) is 32.3 Å². The predicted octanol–water partition coefficient (Wildman–Crippen LogP) is 9.02. The predicted molar refractivity (Wildman–Crippen MR) is 199 cm³/mol. The fraction of sp³-hybridized carbons (Fsp3) is 0.265. The molecule has 14 heteroatoms. The lowest BCUT2D eigenvalue weighted by atomic mass is 10.2. The number of aromatic nitrogens is 2. The average Bonchev–Trinajstić information content (AvgIpc) is 3.35. The van der Waals surface area contributed by atoms with Crippen LogP contribution in [0.3, 0.4) is 0 Å². The van der Waals surface area contributed by atoms with Crippen molar-refractivity contribution in [2.75, 3.05) is 22.1 Å². The first-order valence-electron chi connectivity index (χ1n) is 14.9. The largest absolute Gasteiger partial charge is 0.397 e. The standard InChI is InChI=1S/C10H13N3.C9H12N2O2.C9H14N2.C6H4FNO2.BrH/c1-7(2)13-9-6-4-3-5-8(9)12-10(13)11;1-7(2)10-8-5-3-4-6-9(8)11(12)13;1-7(2)11-9-6-4-3-5-8(9)10;7-5-3-1-2-4-6(5)8(9)10;/h3-7H,1-2H3,(H2,11,12);3-7,10H,1-2H3;3-7,11H,10H2,1-2H3;1-4H;1H. The van der Waals surface area contributed by atoms with Gasteiger partial charge in [0, 0.05) is 30.3 Å². The summed E-state index contributed by atoms with van der Waals surface area (Å²) in [6.45, 7) is 12.3. The first-order chi connectivity index (χ1) is 22.2. The van der Waals surface area contributed by atoms with Gasteiger partial charge in [-0.1, -0.05) is 48.5 Å². The molecule has 0 aliphatic rings. The van der Waals surface area contributed by atoms with Crippen molar-refractivity contribution < 1.29 is 14.2 Å². The molecule has 4 aromatic carbocycles. The van der Waals surface area contributed by atoms with E-state index in [9.17, 15) is 24.6 Å². The number of halogens is 2. The van der Waals surface area contributed by atoms with Crippen LogP contribution in [0.5, 0.6) is 0 Å². The number of hydrogen-bond acceptors (Lipinski definition) is 9. The minimum atomic E-state index is -0.799. The Labute approximate surface area is 290 Å². The monoisotopic (exact) mass is 726 g/mol. The summed E-state index contributed by atoms with van der Waals surface area (Å²) >= 11 is 0. The Morgan fingerprint density at radius 1 is 0.688 bits per heavy atom. The normalized spacial score (nSPS) is 10.0. The number of fused-ring (bicyclic) bond motifs is 1. The lowest BCUT2D eigenvalue weighted by molar-refractivity contribution is -0.387. The van der Waals surface area contributed by atoms with Gasteiger partial charge >= 0.3 is 5.69 Å². The van der Waals surface area contributed by atoms with E-state index in [1.165, 1.54) is 18.2 Å². The molecular formula is C34H44BrFN8O4. The Kier molecular flexibility index (Phi) is 17.1. The van der Waals surface area contributed by atoms with Crippen molar-refractivity contribution >= 4 is 62.4 Å². The maximum atomic E-state index is 12.4. The number of nitrogen functional groups attached to an aromatic ring is 2. The van der Waals surface area contributed by atoms with Crippen LogP contribution in [0.1, 0.15) is 47.6 Å². The fourth-order valence-electron chi connectivity index (χ4n) is 4.21. The van der Waals surface area contributed by atoms with E-state index in [-0.39, 0.29) is 33.6 Å². The Bertz CT molecular complexity index is 1750. The zero-order valence-corrected chi connectivity index (χ0v) is 29.5. The molecule has 48 heavy (non-hydrogen) atoms. The second kappa shape index (κ2) is 20.1. The second-order valence-electron chi connectivity index (χ2n) is 11.1. The number of rotatable bonds is 7. The first-order valence-corrected chi connectivity index (χ1v) is 14.9. The first kappa shape index (κ1) is 40.8. The Balaban J connectivity index is 0.000000320.